The number of aryl methyl sites for hydroxylation is 1. The summed E-state index contributed by atoms with van der Waals surface area (Å²) in [4.78, 5) is 4.46. The van der Waals surface area contributed by atoms with Crippen LogP contribution in [-0.4, -0.2) is 21.2 Å². The van der Waals surface area contributed by atoms with Crippen LogP contribution in [0.4, 0.5) is 5.69 Å². The van der Waals surface area contributed by atoms with E-state index in [0.29, 0.717) is 6.04 Å². The van der Waals surface area contributed by atoms with E-state index in [2.05, 4.69) is 52.5 Å². The second-order valence-corrected chi connectivity index (χ2v) is 6.55. The summed E-state index contributed by atoms with van der Waals surface area (Å²) < 4.78 is 0. The van der Waals surface area contributed by atoms with Gasteiger partial charge in [-0.2, -0.15) is 5.10 Å². The highest BCUT2D eigenvalue weighted by atomic mass is 15.2. The minimum atomic E-state index is 0.546. The first-order valence-electron chi connectivity index (χ1n) is 7.86. The highest BCUT2D eigenvalue weighted by molar-refractivity contribution is 5.73. The summed E-state index contributed by atoms with van der Waals surface area (Å²) in [5.74, 6) is 3.21. The fourth-order valence-electron chi connectivity index (χ4n) is 3.55. The Labute approximate surface area is 126 Å². The molecule has 1 saturated carbocycles. The Morgan fingerprint density at radius 3 is 2.48 bits per heavy atom. The van der Waals surface area contributed by atoms with Gasteiger partial charge in [0.1, 0.15) is 5.82 Å². The third kappa shape index (κ3) is 3.26. The molecule has 1 aliphatic carbocycles. The van der Waals surface area contributed by atoms with Crippen LogP contribution in [0, 0.1) is 18.8 Å². The Balaban J connectivity index is 1.82. The van der Waals surface area contributed by atoms with Gasteiger partial charge in [0.25, 0.3) is 0 Å². The van der Waals surface area contributed by atoms with E-state index in [1.54, 1.807) is 0 Å². The third-order valence-electron chi connectivity index (χ3n) is 4.30. The first-order valence-corrected chi connectivity index (χ1v) is 7.86. The number of para-hydroxylation sites is 1. The lowest BCUT2D eigenvalue weighted by molar-refractivity contribution is 0.281. The van der Waals surface area contributed by atoms with Crippen molar-refractivity contribution in [2.45, 2.75) is 46.1 Å². The Kier molecular flexibility index (Phi) is 3.95. The molecule has 2 atom stereocenters. The summed E-state index contributed by atoms with van der Waals surface area (Å²) >= 11 is 0. The normalized spacial score (nSPS) is 25.8. The lowest BCUT2D eigenvalue weighted by atomic mass is 9.80. The maximum absolute atomic E-state index is 4.46. The molecule has 4 nitrogen and oxygen atoms in total. The predicted octanol–water partition coefficient (Wildman–Crippen LogP) is 4.02. The second-order valence-electron chi connectivity index (χ2n) is 6.55. The molecule has 1 aromatic carbocycles. The van der Waals surface area contributed by atoms with E-state index < -0.39 is 0 Å². The Morgan fingerprint density at radius 1 is 1.10 bits per heavy atom. The molecule has 1 aliphatic rings. The number of hydrogen-bond acceptors (Lipinski definition) is 3. The van der Waals surface area contributed by atoms with Gasteiger partial charge in [-0.25, -0.2) is 4.98 Å². The Hall–Kier alpha value is -1.84. The van der Waals surface area contributed by atoms with Crippen LogP contribution < -0.4 is 5.32 Å². The van der Waals surface area contributed by atoms with Crippen molar-refractivity contribution < 1.29 is 0 Å². The van der Waals surface area contributed by atoms with Crippen molar-refractivity contribution in [3.05, 3.63) is 30.1 Å². The van der Waals surface area contributed by atoms with Crippen molar-refractivity contribution in [1.82, 2.24) is 15.2 Å². The molecule has 0 bridgehead atoms. The van der Waals surface area contributed by atoms with Crippen LogP contribution in [0.1, 0.15) is 38.9 Å². The molecule has 0 radical (unpaired) electrons. The van der Waals surface area contributed by atoms with E-state index in [0.717, 1.165) is 34.7 Å². The molecule has 0 aliphatic heterocycles. The van der Waals surface area contributed by atoms with Crippen molar-refractivity contribution in [1.29, 1.82) is 0 Å². The van der Waals surface area contributed by atoms with Gasteiger partial charge in [-0.1, -0.05) is 26.0 Å². The van der Waals surface area contributed by atoms with E-state index in [1.807, 2.05) is 13.0 Å². The molecular weight excluding hydrogens is 260 g/mol. The van der Waals surface area contributed by atoms with Crippen LogP contribution in [0.25, 0.3) is 11.4 Å². The van der Waals surface area contributed by atoms with Crippen LogP contribution in [-0.2, 0) is 0 Å². The first-order chi connectivity index (χ1) is 10.1. The van der Waals surface area contributed by atoms with Crippen LogP contribution in [0.3, 0.4) is 0 Å². The van der Waals surface area contributed by atoms with Gasteiger partial charge in [-0.05, 0) is 50.2 Å². The van der Waals surface area contributed by atoms with Crippen molar-refractivity contribution in [3.63, 3.8) is 0 Å². The summed E-state index contributed by atoms with van der Waals surface area (Å²) in [5, 5.41) is 10.9. The lowest BCUT2D eigenvalue weighted by Crippen LogP contribution is -2.30. The fraction of sp³-hybridized carbons (Fsp3) is 0.529. The standard InChI is InChI=1S/C17H24N4/c1-11-8-12(2)10-14(9-11)19-16-7-5-4-6-15(16)17-18-13(3)20-21-17/h4-7,11-12,14,19H,8-10H2,1-3H3,(H,18,20,21). The number of benzene rings is 1. The Bertz CT molecular complexity index is 594. The number of aromatic amines is 1. The number of nitrogens with one attached hydrogen (secondary N) is 2. The topological polar surface area (TPSA) is 53.6 Å². The average Bonchev–Trinajstić information content (AvgIpc) is 2.85. The zero-order valence-electron chi connectivity index (χ0n) is 13.1. The van der Waals surface area contributed by atoms with Gasteiger partial charge in [0.2, 0.25) is 0 Å². The SMILES string of the molecule is Cc1nc(-c2ccccc2NC2CC(C)CC(C)C2)n[nH]1. The zero-order valence-corrected chi connectivity index (χ0v) is 13.1. The molecule has 21 heavy (non-hydrogen) atoms. The maximum Gasteiger partial charge on any atom is 0.183 e. The van der Waals surface area contributed by atoms with Crippen molar-refractivity contribution in [3.8, 4) is 11.4 Å². The van der Waals surface area contributed by atoms with E-state index in [1.165, 1.54) is 19.3 Å². The van der Waals surface area contributed by atoms with Gasteiger partial charge in [0, 0.05) is 17.3 Å². The molecule has 3 rings (SSSR count). The molecule has 0 saturated heterocycles. The average molecular weight is 284 g/mol. The van der Waals surface area contributed by atoms with Gasteiger partial charge in [0.05, 0.1) is 0 Å². The summed E-state index contributed by atoms with van der Waals surface area (Å²) in [5.41, 5.74) is 2.22. The summed E-state index contributed by atoms with van der Waals surface area (Å²) in [6.45, 7) is 6.64. The molecule has 2 N–H and O–H groups in total. The van der Waals surface area contributed by atoms with E-state index in [-0.39, 0.29) is 0 Å². The number of hydrogen-bond donors (Lipinski definition) is 2. The van der Waals surface area contributed by atoms with E-state index >= 15 is 0 Å². The van der Waals surface area contributed by atoms with E-state index in [4.69, 9.17) is 0 Å². The van der Waals surface area contributed by atoms with Crippen molar-refractivity contribution in [2.75, 3.05) is 5.32 Å². The molecule has 1 heterocycles. The highest BCUT2D eigenvalue weighted by Crippen LogP contribution is 2.32. The zero-order chi connectivity index (χ0) is 14.8. The van der Waals surface area contributed by atoms with Gasteiger partial charge in [-0.15, -0.1) is 0 Å². The number of aromatic nitrogens is 3. The fourth-order valence-corrected chi connectivity index (χ4v) is 3.55. The van der Waals surface area contributed by atoms with Crippen LogP contribution in [0.2, 0.25) is 0 Å². The van der Waals surface area contributed by atoms with Gasteiger partial charge < -0.3 is 5.32 Å². The molecule has 2 unspecified atom stereocenters. The molecule has 4 heteroatoms. The minimum absolute atomic E-state index is 0.546. The lowest BCUT2D eigenvalue weighted by Gasteiger charge is -2.33. The molecule has 0 spiro atoms. The maximum atomic E-state index is 4.46. The number of rotatable bonds is 3. The van der Waals surface area contributed by atoms with E-state index in [9.17, 15) is 0 Å². The smallest absolute Gasteiger partial charge is 0.183 e. The Morgan fingerprint density at radius 2 is 1.81 bits per heavy atom. The summed E-state index contributed by atoms with van der Waals surface area (Å²) in [6, 6.07) is 8.87. The van der Waals surface area contributed by atoms with Crippen LogP contribution >= 0.6 is 0 Å². The summed E-state index contributed by atoms with van der Waals surface area (Å²) in [7, 11) is 0. The number of anilines is 1. The van der Waals surface area contributed by atoms with Crippen molar-refractivity contribution in [2.24, 2.45) is 11.8 Å². The molecule has 2 aromatic rings. The molecule has 0 amide bonds. The highest BCUT2D eigenvalue weighted by Gasteiger charge is 2.24. The van der Waals surface area contributed by atoms with Crippen LogP contribution in [0.5, 0.6) is 0 Å². The van der Waals surface area contributed by atoms with Gasteiger partial charge in [-0.3, -0.25) is 5.10 Å². The molecule has 1 fully saturated rings. The predicted molar refractivity (Wildman–Crippen MR) is 86.1 cm³/mol. The third-order valence-corrected chi connectivity index (χ3v) is 4.30. The molecule has 1 aromatic heterocycles. The summed E-state index contributed by atoms with van der Waals surface area (Å²) in [6.07, 6.45) is 3.83. The largest absolute Gasteiger partial charge is 0.382 e. The quantitative estimate of drug-likeness (QED) is 0.895. The molecule has 112 valence electrons. The minimum Gasteiger partial charge on any atom is -0.382 e. The first kappa shape index (κ1) is 14.1. The number of nitrogens with zero attached hydrogens (tertiary/aromatic N) is 2. The second kappa shape index (κ2) is 5.88. The number of H-pyrrole nitrogens is 1. The van der Waals surface area contributed by atoms with Gasteiger partial charge in [0.15, 0.2) is 5.82 Å². The monoisotopic (exact) mass is 284 g/mol. The molecular formula is C17H24N4. The van der Waals surface area contributed by atoms with Crippen LogP contribution in [0.15, 0.2) is 24.3 Å². The van der Waals surface area contributed by atoms with Gasteiger partial charge >= 0.3 is 0 Å². The van der Waals surface area contributed by atoms with Crippen molar-refractivity contribution >= 4 is 5.69 Å².